The normalized spacial score (nSPS) is 12.3. The molecule has 1 heterocycles. The Hall–Kier alpha value is -2.53. The molecule has 0 saturated heterocycles. The number of nitrogens with zero attached hydrogens (tertiary/aromatic N) is 1. The molecule has 0 amide bonds. The van der Waals surface area contributed by atoms with Crippen LogP contribution in [0.25, 0.3) is 0 Å². The van der Waals surface area contributed by atoms with Crippen LogP contribution in [0.3, 0.4) is 0 Å². The minimum absolute atomic E-state index is 0.163. The van der Waals surface area contributed by atoms with E-state index in [2.05, 4.69) is 10.5 Å². The lowest BCUT2D eigenvalue weighted by molar-refractivity contribution is 0.404. The number of hydrogen-bond acceptors (Lipinski definition) is 3. The van der Waals surface area contributed by atoms with Gasteiger partial charge in [-0.05, 0) is 41.8 Å². The van der Waals surface area contributed by atoms with Gasteiger partial charge in [0.1, 0.15) is 17.9 Å². The molecule has 2 aromatic carbocycles. The highest BCUT2D eigenvalue weighted by molar-refractivity contribution is 5.25. The molecule has 3 rings (SSSR count). The Morgan fingerprint density at radius 1 is 1.00 bits per heavy atom. The molecule has 1 N–H and O–H groups in total. The zero-order valence-electron chi connectivity index (χ0n) is 12.4. The SMILES string of the molecule is Fc1cccc(C[C@H](NCc2ccon2)c2cccc(F)c2)c1. The molecule has 3 aromatic rings. The van der Waals surface area contributed by atoms with E-state index < -0.39 is 0 Å². The topological polar surface area (TPSA) is 38.1 Å². The lowest BCUT2D eigenvalue weighted by atomic mass is 9.98. The summed E-state index contributed by atoms with van der Waals surface area (Å²) in [5, 5.41) is 7.17. The lowest BCUT2D eigenvalue weighted by Crippen LogP contribution is -2.23. The van der Waals surface area contributed by atoms with Crippen molar-refractivity contribution in [3.05, 3.63) is 89.3 Å². The van der Waals surface area contributed by atoms with Crippen LogP contribution in [0, 0.1) is 11.6 Å². The fourth-order valence-electron chi connectivity index (χ4n) is 2.49. The van der Waals surface area contributed by atoms with E-state index >= 15 is 0 Å². The summed E-state index contributed by atoms with van der Waals surface area (Å²) in [4.78, 5) is 0. The summed E-state index contributed by atoms with van der Waals surface area (Å²) in [5.41, 5.74) is 2.40. The first-order valence-electron chi connectivity index (χ1n) is 7.33. The van der Waals surface area contributed by atoms with Crippen molar-refractivity contribution in [1.29, 1.82) is 0 Å². The van der Waals surface area contributed by atoms with Crippen LogP contribution in [0.4, 0.5) is 8.78 Å². The Labute approximate surface area is 132 Å². The van der Waals surface area contributed by atoms with Gasteiger partial charge in [-0.15, -0.1) is 0 Å². The van der Waals surface area contributed by atoms with E-state index in [0.717, 1.165) is 16.8 Å². The average Bonchev–Trinajstić information content (AvgIpc) is 3.05. The van der Waals surface area contributed by atoms with Crippen LogP contribution in [0.2, 0.25) is 0 Å². The van der Waals surface area contributed by atoms with Gasteiger partial charge in [-0.25, -0.2) is 8.78 Å². The quantitative estimate of drug-likeness (QED) is 0.746. The predicted octanol–water partition coefficient (Wildman–Crippen LogP) is 4.03. The molecule has 1 aromatic heterocycles. The Balaban J connectivity index is 1.80. The standard InChI is InChI=1S/C18H16F2N2O/c19-15-5-1-3-13(9-15)10-18(14-4-2-6-16(20)11-14)21-12-17-7-8-23-22-17/h1-9,11,18,21H,10,12H2/t18-/m0/s1. The van der Waals surface area contributed by atoms with E-state index in [4.69, 9.17) is 4.52 Å². The van der Waals surface area contributed by atoms with Crippen LogP contribution >= 0.6 is 0 Å². The van der Waals surface area contributed by atoms with Gasteiger partial charge in [-0.3, -0.25) is 0 Å². The summed E-state index contributed by atoms with van der Waals surface area (Å²) in [5.74, 6) is -0.577. The second kappa shape index (κ2) is 7.15. The summed E-state index contributed by atoms with van der Waals surface area (Å²) < 4.78 is 31.7. The third kappa shape index (κ3) is 4.23. The van der Waals surface area contributed by atoms with Crippen molar-refractivity contribution in [3.63, 3.8) is 0 Å². The number of benzene rings is 2. The molecular weight excluding hydrogens is 298 g/mol. The average molecular weight is 314 g/mol. The first-order valence-corrected chi connectivity index (χ1v) is 7.33. The van der Waals surface area contributed by atoms with Crippen molar-refractivity contribution in [2.75, 3.05) is 0 Å². The van der Waals surface area contributed by atoms with Gasteiger partial charge < -0.3 is 9.84 Å². The maximum absolute atomic E-state index is 13.5. The smallest absolute Gasteiger partial charge is 0.124 e. The highest BCUT2D eigenvalue weighted by atomic mass is 19.1. The van der Waals surface area contributed by atoms with Gasteiger partial charge in [0.05, 0.1) is 5.69 Å². The van der Waals surface area contributed by atoms with Gasteiger partial charge >= 0.3 is 0 Å². The lowest BCUT2D eigenvalue weighted by Gasteiger charge is -2.19. The van der Waals surface area contributed by atoms with Crippen LogP contribution in [0.1, 0.15) is 22.9 Å². The summed E-state index contributed by atoms with van der Waals surface area (Å²) in [6.45, 7) is 0.479. The second-order valence-electron chi connectivity index (χ2n) is 5.31. The zero-order valence-corrected chi connectivity index (χ0v) is 12.4. The monoisotopic (exact) mass is 314 g/mol. The summed E-state index contributed by atoms with van der Waals surface area (Å²) in [7, 11) is 0. The van der Waals surface area contributed by atoms with Crippen LogP contribution in [0.5, 0.6) is 0 Å². The number of halogens is 2. The molecule has 0 aliphatic heterocycles. The molecule has 0 saturated carbocycles. The Morgan fingerprint density at radius 2 is 1.78 bits per heavy atom. The molecule has 23 heavy (non-hydrogen) atoms. The van der Waals surface area contributed by atoms with E-state index in [9.17, 15) is 8.78 Å². The number of hydrogen-bond donors (Lipinski definition) is 1. The third-order valence-corrected chi connectivity index (χ3v) is 3.60. The molecule has 0 unspecified atom stereocenters. The molecule has 0 aliphatic rings. The summed E-state index contributed by atoms with van der Waals surface area (Å²) >= 11 is 0. The molecule has 0 bridgehead atoms. The number of rotatable bonds is 6. The fourth-order valence-corrected chi connectivity index (χ4v) is 2.49. The van der Waals surface area contributed by atoms with Crippen molar-refractivity contribution in [2.45, 2.75) is 19.0 Å². The van der Waals surface area contributed by atoms with Gasteiger partial charge in [0.2, 0.25) is 0 Å². The highest BCUT2D eigenvalue weighted by Gasteiger charge is 2.14. The molecule has 5 heteroatoms. The first-order chi connectivity index (χ1) is 11.2. The van der Waals surface area contributed by atoms with Gasteiger partial charge in [0.15, 0.2) is 0 Å². The van der Waals surface area contributed by atoms with Crippen molar-refractivity contribution in [2.24, 2.45) is 0 Å². The van der Waals surface area contributed by atoms with Gasteiger partial charge in [0, 0.05) is 18.7 Å². The van der Waals surface area contributed by atoms with Crippen molar-refractivity contribution in [3.8, 4) is 0 Å². The van der Waals surface area contributed by atoms with E-state index in [0.29, 0.717) is 13.0 Å². The zero-order chi connectivity index (χ0) is 16.1. The fraction of sp³-hybridized carbons (Fsp3) is 0.167. The van der Waals surface area contributed by atoms with Crippen LogP contribution in [-0.2, 0) is 13.0 Å². The van der Waals surface area contributed by atoms with Crippen molar-refractivity contribution >= 4 is 0 Å². The first kappa shape index (κ1) is 15.4. The van der Waals surface area contributed by atoms with E-state index in [1.165, 1.54) is 30.5 Å². The van der Waals surface area contributed by atoms with Crippen molar-refractivity contribution < 1.29 is 13.3 Å². The predicted molar refractivity (Wildman–Crippen MR) is 82.6 cm³/mol. The van der Waals surface area contributed by atoms with E-state index in [1.54, 1.807) is 18.2 Å². The number of nitrogens with one attached hydrogen (secondary N) is 1. The Morgan fingerprint density at radius 3 is 2.48 bits per heavy atom. The summed E-state index contributed by atoms with van der Waals surface area (Å²) in [6.07, 6.45) is 2.04. The van der Waals surface area contributed by atoms with Crippen LogP contribution < -0.4 is 5.32 Å². The molecule has 0 fully saturated rings. The largest absolute Gasteiger partial charge is 0.364 e. The highest BCUT2D eigenvalue weighted by Crippen LogP contribution is 2.20. The maximum Gasteiger partial charge on any atom is 0.124 e. The molecule has 0 spiro atoms. The maximum atomic E-state index is 13.5. The van der Waals surface area contributed by atoms with Gasteiger partial charge in [-0.1, -0.05) is 29.4 Å². The Bertz CT molecular complexity index is 759. The Kier molecular flexibility index (Phi) is 4.78. The van der Waals surface area contributed by atoms with Crippen molar-refractivity contribution in [1.82, 2.24) is 10.5 Å². The molecule has 3 nitrogen and oxygen atoms in total. The van der Waals surface area contributed by atoms with Gasteiger partial charge in [-0.2, -0.15) is 0 Å². The van der Waals surface area contributed by atoms with Crippen LogP contribution in [-0.4, -0.2) is 5.16 Å². The third-order valence-electron chi connectivity index (χ3n) is 3.60. The van der Waals surface area contributed by atoms with Crippen LogP contribution in [0.15, 0.2) is 65.4 Å². The second-order valence-corrected chi connectivity index (χ2v) is 5.31. The number of aromatic nitrogens is 1. The van der Waals surface area contributed by atoms with E-state index in [1.807, 2.05) is 12.1 Å². The van der Waals surface area contributed by atoms with E-state index in [-0.39, 0.29) is 17.7 Å². The molecule has 1 atom stereocenters. The molecule has 118 valence electrons. The van der Waals surface area contributed by atoms with Gasteiger partial charge in [0.25, 0.3) is 0 Å². The molecule has 0 aliphatic carbocycles. The molecular formula is C18H16F2N2O. The minimum Gasteiger partial charge on any atom is -0.364 e. The molecule has 0 radical (unpaired) electrons. The summed E-state index contributed by atoms with van der Waals surface area (Å²) in [6, 6.07) is 14.4. The minimum atomic E-state index is -0.296.